The first-order chi connectivity index (χ1) is 12.5. The Bertz CT molecular complexity index is 646. The zero-order valence-electron chi connectivity index (χ0n) is 15.2. The molecule has 0 aliphatic carbocycles. The Hall–Kier alpha value is -2.63. The molecule has 6 nitrogen and oxygen atoms in total. The fraction of sp³-hybridized carbons (Fsp3) is 0.450. The number of nitrogens with zero attached hydrogens (tertiary/aromatic N) is 1. The highest BCUT2D eigenvalue weighted by molar-refractivity contribution is 5.98. The summed E-state index contributed by atoms with van der Waals surface area (Å²) < 4.78 is 5.01. The molecule has 1 aliphatic rings. The Labute approximate surface area is 154 Å². The highest BCUT2D eigenvalue weighted by atomic mass is 16.6. The molecule has 1 aromatic rings. The average molecular weight is 358 g/mol. The van der Waals surface area contributed by atoms with E-state index in [1.54, 1.807) is 17.0 Å². The molecule has 0 atom stereocenters. The molecule has 0 bridgehead atoms. The number of Topliss-reactive ketones (excluding diaryl/α,β-unsaturated/α-hetero) is 1. The van der Waals surface area contributed by atoms with Gasteiger partial charge in [0.25, 0.3) is 0 Å². The molecule has 6 heteroatoms. The highest BCUT2D eigenvalue weighted by Gasteiger charge is 2.24. The van der Waals surface area contributed by atoms with Crippen LogP contribution in [0.4, 0.5) is 4.79 Å². The summed E-state index contributed by atoms with van der Waals surface area (Å²) in [5.74, 6) is -0.155. The smallest absolute Gasteiger partial charge is 0.410 e. The molecule has 2 rings (SSSR count). The third-order valence-corrected chi connectivity index (χ3v) is 4.40. The number of ketones is 1. The van der Waals surface area contributed by atoms with Crippen LogP contribution in [0.1, 0.15) is 41.6 Å². The predicted octanol–water partition coefficient (Wildman–Crippen LogP) is 2.86. The van der Waals surface area contributed by atoms with Gasteiger partial charge < -0.3 is 15.0 Å². The van der Waals surface area contributed by atoms with E-state index in [0.717, 1.165) is 5.56 Å². The first-order valence-electron chi connectivity index (χ1n) is 8.91. The molecule has 1 aromatic carbocycles. The van der Waals surface area contributed by atoms with Crippen molar-refractivity contribution in [2.75, 3.05) is 19.7 Å². The molecule has 26 heavy (non-hydrogen) atoms. The van der Waals surface area contributed by atoms with Crippen LogP contribution in [-0.4, -0.2) is 48.4 Å². The van der Waals surface area contributed by atoms with Crippen molar-refractivity contribution in [1.82, 2.24) is 10.2 Å². The van der Waals surface area contributed by atoms with Gasteiger partial charge in [0.05, 0.1) is 0 Å². The largest absolute Gasteiger partial charge is 0.445 e. The lowest BCUT2D eigenvalue weighted by Crippen LogP contribution is -2.46. The number of carbonyl (C=O) groups is 3. The summed E-state index contributed by atoms with van der Waals surface area (Å²) in [6, 6.07) is 7.39. The minimum absolute atomic E-state index is 0.0278. The maximum atomic E-state index is 12.1. The van der Waals surface area contributed by atoms with Gasteiger partial charge in [-0.3, -0.25) is 9.59 Å². The van der Waals surface area contributed by atoms with Crippen molar-refractivity contribution in [2.24, 2.45) is 0 Å². The number of ether oxygens (including phenoxy) is 1. The van der Waals surface area contributed by atoms with Crippen LogP contribution in [0.3, 0.4) is 0 Å². The summed E-state index contributed by atoms with van der Waals surface area (Å²) in [5.41, 5.74) is 1.73. The Morgan fingerprint density at radius 1 is 1.19 bits per heavy atom. The third kappa shape index (κ3) is 6.02. The highest BCUT2D eigenvalue weighted by Crippen LogP contribution is 2.12. The number of likely N-dealkylation sites (tertiary alicyclic amines) is 1. The van der Waals surface area contributed by atoms with E-state index in [-0.39, 0.29) is 43.3 Å². The number of hydrogen-bond acceptors (Lipinski definition) is 4. The number of nitrogens with one attached hydrogen (secondary N) is 1. The molecule has 0 saturated carbocycles. The Morgan fingerprint density at radius 3 is 2.46 bits per heavy atom. The van der Waals surface area contributed by atoms with Crippen molar-refractivity contribution in [1.29, 1.82) is 0 Å². The van der Waals surface area contributed by atoms with Crippen molar-refractivity contribution in [3.8, 4) is 0 Å². The van der Waals surface area contributed by atoms with Crippen LogP contribution >= 0.6 is 0 Å². The average Bonchev–Trinajstić information content (AvgIpc) is 2.65. The molecule has 0 aromatic heterocycles. The number of benzene rings is 1. The van der Waals surface area contributed by atoms with E-state index >= 15 is 0 Å². The molecule has 1 aliphatic heterocycles. The van der Waals surface area contributed by atoms with Gasteiger partial charge in [-0.1, -0.05) is 42.5 Å². The molecule has 1 heterocycles. The number of rotatable bonds is 7. The minimum atomic E-state index is -0.349. The minimum Gasteiger partial charge on any atom is -0.445 e. The van der Waals surface area contributed by atoms with Crippen molar-refractivity contribution in [3.63, 3.8) is 0 Å². The van der Waals surface area contributed by atoms with Gasteiger partial charge >= 0.3 is 6.09 Å². The summed E-state index contributed by atoms with van der Waals surface area (Å²) in [4.78, 5) is 37.6. The van der Waals surface area contributed by atoms with Crippen LogP contribution in [0, 0.1) is 6.92 Å². The Morgan fingerprint density at radius 2 is 1.85 bits per heavy atom. The van der Waals surface area contributed by atoms with Crippen LogP contribution in [0.2, 0.25) is 0 Å². The van der Waals surface area contributed by atoms with Crippen LogP contribution in [0.25, 0.3) is 0 Å². The van der Waals surface area contributed by atoms with Gasteiger partial charge in [-0.25, -0.2) is 4.79 Å². The van der Waals surface area contributed by atoms with E-state index in [4.69, 9.17) is 4.74 Å². The quantitative estimate of drug-likeness (QED) is 0.601. The second-order valence-corrected chi connectivity index (χ2v) is 6.48. The van der Waals surface area contributed by atoms with Crippen LogP contribution < -0.4 is 5.32 Å². The lowest BCUT2D eigenvalue weighted by atomic mass is 10.0. The number of aryl methyl sites for hydroxylation is 1. The van der Waals surface area contributed by atoms with E-state index in [1.807, 2.05) is 19.1 Å². The van der Waals surface area contributed by atoms with Crippen LogP contribution in [0.5, 0.6) is 0 Å². The van der Waals surface area contributed by atoms with Gasteiger partial charge in [-0.2, -0.15) is 0 Å². The van der Waals surface area contributed by atoms with Gasteiger partial charge in [0.1, 0.15) is 6.61 Å². The molecule has 140 valence electrons. The molecule has 1 fully saturated rings. The number of piperidine rings is 1. The normalized spacial score (nSPS) is 14.6. The monoisotopic (exact) mass is 358 g/mol. The SMILES string of the molecule is C=CCOC(=O)N1CCC(NC(=O)CCC(=O)c2ccc(C)cc2)CC1. The van der Waals surface area contributed by atoms with Crippen molar-refractivity contribution in [3.05, 3.63) is 48.0 Å². The summed E-state index contributed by atoms with van der Waals surface area (Å²) in [5, 5.41) is 2.95. The van der Waals surface area contributed by atoms with Gasteiger partial charge in [-0.05, 0) is 19.8 Å². The number of hydrogen-bond donors (Lipinski definition) is 1. The summed E-state index contributed by atoms with van der Waals surface area (Å²) in [6.07, 6.45) is 2.92. The first kappa shape index (κ1) is 19.7. The molecule has 1 saturated heterocycles. The Kier molecular flexibility index (Phi) is 7.38. The van der Waals surface area contributed by atoms with Gasteiger partial charge in [0, 0.05) is 37.5 Å². The van der Waals surface area contributed by atoms with E-state index in [9.17, 15) is 14.4 Å². The lowest BCUT2D eigenvalue weighted by Gasteiger charge is -2.31. The van der Waals surface area contributed by atoms with E-state index in [0.29, 0.717) is 31.5 Å². The summed E-state index contributed by atoms with van der Waals surface area (Å²) in [6.45, 7) is 6.76. The first-order valence-corrected chi connectivity index (χ1v) is 8.91. The molecule has 2 amide bonds. The van der Waals surface area contributed by atoms with Crippen molar-refractivity contribution < 1.29 is 19.1 Å². The zero-order valence-corrected chi connectivity index (χ0v) is 15.2. The molecular formula is C20H26N2O4. The fourth-order valence-corrected chi connectivity index (χ4v) is 2.84. The van der Waals surface area contributed by atoms with E-state index in [1.165, 1.54) is 6.08 Å². The van der Waals surface area contributed by atoms with Crippen molar-refractivity contribution >= 4 is 17.8 Å². The van der Waals surface area contributed by atoms with Crippen LogP contribution in [-0.2, 0) is 9.53 Å². The molecule has 1 N–H and O–H groups in total. The van der Waals surface area contributed by atoms with Crippen molar-refractivity contribution in [2.45, 2.75) is 38.6 Å². The topological polar surface area (TPSA) is 75.7 Å². The Balaban J connectivity index is 1.69. The van der Waals surface area contributed by atoms with E-state index in [2.05, 4.69) is 11.9 Å². The standard InChI is InChI=1S/C20H26N2O4/c1-3-14-26-20(25)22-12-10-17(11-13-22)21-19(24)9-8-18(23)16-6-4-15(2)5-7-16/h3-7,17H,1,8-14H2,2H3,(H,21,24). The van der Waals surface area contributed by atoms with Crippen LogP contribution in [0.15, 0.2) is 36.9 Å². The number of amides is 2. The molecule has 0 unspecified atom stereocenters. The van der Waals surface area contributed by atoms with E-state index < -0.39 is 0 Å². The maximum absolute atomic E-state index is 12.1. The lowest BCUT2D eigenvalue weighted by molar-refractivity contribution is -0.122. The second kappa shape index (κ2) is 9.75. The predicted molar refractivity (Wildman–Crippen MR) is 99.0 cm³/mol. The van der Waals surface area contributed by atoms with Gasteiger partial charge in [0.15, 0.2) is 5.78 Å². The maximum Gasteiger partial charge on any atom is 0.410 e. The second-order valence-electron chi connectivity index (χ2n) is 6.48. The zero-order chi connectivity index (χ0) is 18.9. The molecule has 0 radical (unpaired) electrons. The molecular weight excluding hydrogens is 332 g/mol. The molecule has 0 spiro atoms. The van der Waals surface area contributed by atoms with Gasteiger partial charge in [-0.15, -0.1) is 0 Å². The number of carbonyl (C=O) groups excluding carboxylic acids is 3. The summed E-state index contributed by atoms with van der Waals surface area (Å²) in [7, 11) is 0. The fourth-order valence-electron chi connectivity index (χ4n) is 2.84. The van der Waals surface area contributed by atoms with Gasteiger partial charge in [0.2, 0.25) is 5.91 Å². The summed E-state index contributed by atoms with van der Waals surface area (Å²) >= 11 is 0. The third-order valence-electron chi connectivity index (χ3n) is 4.40.